The average molecular weight is 656 g/mol. The predicted molar refractivity (Wildman–Crippen MR) is 194 cm³/mol. The fourth-order valence-corrected chi connectivity index (χ4v) is 9.17. The van der Waals surface area contributed by atoms with Crippen molar-refractivity contribution in [2.45, 2.75) is 90.0 Å². The van der Waals surface area contributed by atoms with Gasteiger partial charge in [0.1, 0.15) is 0 Å². The summed E-state index contributed by atoms with van der Waals surface area (Å²) in [6.45, 7) is 11.3. The van der Waals surface area contributed by atoms with E-state index in [0.717, 1.165) is 51.7 Å². The molecule has 49 heavy (non-hydrogen) atoms. The van der Waals surface area contributed by atoms with Crippen molar-refractivity contribution in [1.82, 2.24) is 10.3 Å². The Kier molecular flexibility index (Phi) is 7.95. The van der Waals surface area contributed by atoms with Crippen molar-refractivity contribution < 1.29 is 18.9 Å². The van der Waals surface area contributed by atoms with Crippen LogP contribution < -0.4 is 5.32 Å². The Morgan fingerprint density at radius 3 is 2.53 bits per heavy atom. The smallest absolute Gasteiger partial charge is 0.404 e. The lowest BCUT2D eigenvalue weighted by Gasteiger charge is -2.64. The molecule has 7 nitrogen and oxygen atoms in total. The first-order valence-electron chi connectivity index (χ1n) is 17.9. The van der Waals surface area contributed by atoms with Gasteiger partial charge in [-0.25, -0.2) is 0 Å². The molecule has 4 fully saturated rings. The summed E-state index contributed by atoms with van der Waals surface area (Å²) < 4.78 is 13.6. The molecule has 0 radical (unpaired) electrons. The minimum atomic E-state index is -1.22. The summed E-state index contributed by atoms with van der Waals surface area (Å²) in [5.74, 6) is 0.913. The molecular weight excluding hydrogens is 609 g/mol. The highest BCUT2D eigenvalue weighted by atomic mass is 16.7. The zero-order valence-corrected chi connectivity index (χ0v) is 29.2. The fraction of sp³-hybridized carbons (Fsp3) is 0.439. The van der Waals surface area contributed by atoms with Crippen LogP contribution in [0.3, 0.4) is 0 Å². The highest BCUT2D eigenvalue weighted by Crippen LogP contribution is 2.65. The molecule has 0 spiro atoms. The van der Waals surface area contributed by atoms with Gasteiger partial charge in [0.25, 0.3) is 5.91 Å². The average Bonchev–Trinajstić information content (AvgIpc) is 3.70. The van der Waals surface area contributed by atoms with E-state index in [1.165, 1.54) is 6.42 Å². The Labute approximate surface area is 290 Å². The van der Waals surface area contributed by atoms with Crippen LogP contribution in [0, 0.1) is 23.2 Å². The molecule has 2 bridgehead atoms. The Balaban J connectivity index is 1.07. The second-order valence-electron chi connectivity index (χ2n) is 16.0. The molecule has 3 saturated carbocycles. The lowest BCUT2D eigenvalue weighted by molar-refractivity contribution is -0.199. The van der Waals surface area contributed by atoms with Crippen LogP contribution in [0.2, 0.25) is 0 Å². The van der Waals surface area contributed by atoms with Crippen LogP contribution in [0.15, 0.2) is 96.3 Å². The number of fused-ring (bicyclic) bond motifs is 1. The van der Waals surface area contributed by atoms with Crippen molar-refractivity contribution in [3.8, 4) is 11.3 Å². The Morgan fingerprint density at radius 2 is 1.73 bits per heavy atom. The van der Waals surface area contributed by atoms with E-state index in [-0.39, 0.29) is 29.0 Å². The van der Waals surface area contributed by atoms with Gasteiger partial charge in [0.05, 0.1) is 29.1 Å². The van der Waals surface area contributed by atoms with Gasteiger partial charge in [-0.15, -0.1) is 0 Å². The number of hydrogen-bond acceptors (Lipinski definition) is 6. The lowest BCUT2D eigenvalue weighted by Crippen LogP contribution is -2.65. The SMILES string of the molecule is CC(C)C[C@H](NC(=O)C1(Cc2ccccc2)CC(c2cccc(-c3nccc4ccccc34)c2)=NO1)B1O[C@@H]2C[C@@H]3C[C@@H](C3(C)C)[C@]2(C)O1. The minimum Gasteiger partial charge on any atom is -0.404 e. The Bertz CT molecular complexity index is 1910. The summed E-state index contributed by atoms with van der Waals surface area (Å²) in [5.41, 5.74) is 3.23. The molecule has 2 aliphatic heterocycles. The molecule has 1 saturated heterocycles. The zero-order chi connectivity index (χ0) is 34.0. The fourth-order valence-electron chi connectivity index (χ4n) is 9.17. The number of pyridine rings is 1. The first kappa shape index (κ1) is 32.2. The van der Waals surface area contributed by atoms with E-state index in [9.17, 15) is 4.79 Å². The largest absolute Gasteiger partial charge is 0.481 e. The molecule has 1 amide bonds. The number of nitrogens with one attached hydrogen (secondary N) is 1. The van der Waals surface area contributed by atoms with E-state index in [1.807, 2.05) is 66.9 Å². The Morgan fingerprint density at radius 1 is 0.959 bits per heavy atom. The number of carbonyl (C=O) groups excluding carboxylic acids is 1. The standard InChI is InChI=1S/C41H46BN3O4/c1-26(2)20-36(42-47-35-23-31-22-34(39(31,3)4)40(35,5)48-42)44-38(46)41(24-27-12-7-6-8-13-27)25-33(45-49-41)29-15-11-16-30(21-29)37-32-17-10-9-14-28(32)18-19-43-37/h6-19,21,26,31,34-36H,20,22-25H2,1-5H3,(H,44,46)/t31-,34-,35+,36-,40-,41?/m0/s1. The maximum absolute atomic E-state index is 14.7. The van der Waals surface area contributed by atoms with Crippen LogP contribution in [0.5, 0.6) is 0 Å². The van der Waals surface area contributed by atoms with Crippen molar-refractivity contribution in [1.29, 1.82) is 0 Å². The molecule has 3 heterocycles. The molecule has 8 heteroatoms. The molecule has 9 rings (SSSR count). The van der Waals surface area contributed by atoms with Gasteiger partial charge in [0, 0.05) is 35.6 Å². The third-order valence-electron chi connectivity index (χ3n) is 12.0. The molecule has 4 aromatic rings. The highest BCUT2D eigenvalue weighted by Gasteiger charge is 2.68. The third kappa shape index (κ3) is 5.57. The maximum atomic E-state index is 14.7. The van der Waals surface area contributed by atoms with Gasteiger partial charge < -0.3 is 19.5 Å². The van der Waals surface area contributed by atoms with Gasteiger partial charge in [-0.1, -0.05) is 106 Å². The summed E-state index contributed by atoms with van der Waals surface area (Å²) in [4.78, 5) is 25.7. The van der Waals surface area contributed by atoms with Crippen LogP contribution in [0.4, 0.5) is 0 Å². The molecule has 252 valence electrons. The number of nitrogens with zero attached hydrogens (tertiary/aromatic N) is 2. The lowest BCUT2D eigenvalue weighted by atomic mass is 9.43. The van der Waals surface area contributed by atoms with Crippen LogP contribution in [0.1, 0.15) is 71.4 Å². The van der Waals surface area contributed by atoms with Crippen LogP contribution >= 0.6 is 0 Å². The van der Waals surface area contributed by atoms with Gasteiger partial charge in [0.15, 0.2) is 0 Å². The van der Waals surface area contributed by atoms with Crippen molar-refractivity contribution in [2.75, 3.05) is 0 Å². The number of amides is 1. The Hall–Kier alpha value is -4.01. The molecule has 5 aliphatic rings. The number of carbonyl (C=O) groups is 1. The summed E-state index contributed by atoms with van der Waals surface area (Å²) in [7, 11) is -0.517. The van der Waals surface area contributed by atoms with Crippen molar-refractivity contribution >= 4 is 29.5 Å². The third-order valence-corrected chi connectivity index (χ3v) is 12.0. The molecule has 6 atom stereocenters. The quantitative estimate of drug-likeness (QED) is 0.186. The second kappa shape index (κ2) is 12.1. The summed E-state index contributed by atoms with van der Waals surface area (Å²) in [6, 6.07) is 28.6. The summed E-state index contributed by atoms with van der Waals surface area (Å²) in [5, 5.41) is 10.2. The van der Waals surface area contributed by atoms with Gasteiger partial charge in [0.2, 0.25) is 5.60 Å². The van der Waals surface area contributed by atoms with E-state index in [4.69, 9.17) is 19.1 Å². The first-order chi connectivity index (χ1) is 23.6. The van der Waals surface area contributed by atoms with E-state index in [2.05, 4.69) is 69.4 Å². The minimum absolute atomic E-state index is 0.0419. The zero-order valence-electron chi connectivity index (χ0n) is 29.2. The molecule has 1 unspecified atom stereocenters. The first-order valence-corrected chi connectivity index (χ1v) is 17.9. The summed E-state index contributed by atoms with van der Waals surface area (Å²) in [6.07, 6.45) is 5.52. The summed E-state index contributed by atoms with van der Waals surface area (Å²) >= 11 is 0. The molecule has 1 aromatic heterocycles. The van der Waals surface area contributed by atoms with Crippen LogP contribution in [-0.2, 0) is 25.4 Å². The normalized spacial score (nSPS) is 28.8. The topological polar surface area (TPSA) is 82.0 Å². The van der Waals surface area contributed by atoms with Crippen molar-refractivity contribution in [3.63, 3.8) is 0 Å². The number of rotatable bonds is 9. The highest BCUT2D eigenvalue weighted by molar-refractivity contribution is 6.48. The molecule has 3 aliphatic carbocycles. The number of aromatic nitrogens is 1. The maximum Gasteiger partial charge on any atom is 0.481 e. The van der Waals surface area contributed by atoms with E-state index < -0.39 is 12.7 Å². The van der Waals surface area contributed by atoms with Gasteiger partial charge in [-0.2, -0.15) is 0 Å². The van der Waals surface area contributed by atoms with E-state index in [1.54, 1.807) is 0 Å². The molecular formula is C41H46BN3O4. The van der Waals surface area contributed by atoms with Gasteiger partial charge >= 0.3 is 7.12 Å². The van der Waals surface area contributed by atoms with Gasteiger partial charge in [-0.05, 0) is 72.4 Å². The number of oxime groups is 1. The predicted octanol–water partition coefficient (Wildman–Crippen LogP) is 7.81. The second-order valence-corrected chi connectivity index (χ2v) is 16.0. The monoisotopic (exact) mass is 655 g/mol. The molecule has 3 aromatic carbocycles. The molecule has 1 N–H and O–H groups in total. The van der Waals surface area contributed by atoms with E-state index >= 15 is 0 Å². The van der Waals surface area contributed by atoms with Crippen molar-refractivity contribution in [3.05, 3.63) is 102 Å². The van der Waals surface area contributed by atoms with Crippen molar-refractivity contribution in [2.24, 2.45) is 28.3 Å². The van der Waals surface area contributed by atoms with Crippen LogP contribution in [-0.4, -0.2) is 47.0 Å². The van der Waals surface area contributed by atoms with Crippen LogP contribution in [0.25, 0.3) is 22.0 Å². The van der Waals surface area contributed by atoms with E-state index in [0.29, 0.717) is 30.6 Å². The number of hydrogen-bond donors (Lipinski definition) is 1. The van der Waals surface area contributed by atoms with Gasteiger partial charge in [-0.3, -0.25) is 9.78 Å². The number of benzene rings is 3.